The van der Waals surface area contributed by atoms with Crippen molar-refractivity contribution >= 4 is 39.5 Å². The van der Waals surface area contributed by atoms with Crippen LogP contribution < -0.4 is 0 Å². The predicted octanol–water partition coefficient (Wildman–Crippen LogP) is 19.1. The number of hydrogen-bond donors (Lipinski definition) is 3. The van der Waals surface area contributed by atoms with Crippen molar-refractivity contribution in [3.8, 4) is 0 Å². The molecule has 0 aromatic carbocycles. The lowest BCUT2D eigenvalue weighted by molar-refractivity contribution is -0.161. The van der Waals surface area contributed by atoms with Crippen LogP contribution in [0.3, 0.4) is 0 Å². The van der Waals surface area contributed by atoms with Gasteiger partial charge in [-0.05, 0) is 43.4 Å². The summed E-state index contributed by atoms with van der Waals surface area (Å²) in [6, 6.07) is 0. The maximum atomic E-state index is 13.0. The number of phosphoric ester groups is 2. The Morgan fingerprint density at radius 1 is 0.333 bits per heavy atom. The second-order valence-electron chi connectivity index (χ2n) is 25.8. The number of ether oxygens (including phenoxy) is 4. The van der Waals surface area contributed by atoms with Gasteiger partial charge in [-0.3, -0.25) is 37.3 Å². The van der Waals surface area contributed by atoms with Crippen molar-refractivity contribution in [3.63, 3.8) is 0 Å². The van der Waals surface area contributed by atoms with E-state index in [9.17, 15) is 43.2 Å². The summed E-state index contributed by atoms with van der Waals surface area (Å²) in [4.78, 5) is 72.2. The number of carbonyl (C=O) groups is 4. The van der Waals surface area contributed by atoms with Crippen LogP contribution in [-0.4, -0.2) is 96.7 Å². The summed E-state index contributed by atoms with van der Waals surface area (Å²) < 4.78 is 68.0. The molecule has 0 spiro atoms. The number of rotatable bonds is 66. The van der Waals surface area contributed by atoms with Crippen LogP contribution in [0.1, 0.15) is 337 Å². The average Bonchev–Trinajstić information content (AvgIpc) is 3.62. The molecule has 6 atom stereocenters. The van der Waals surface area contributed by atoms with E-state index >= 15 is 0 Å². The molecule has 0 aliphatic rings. The Hall–Kier alpha value is -1.94. The highest BCUT2D eigenvalue weighted by molar-refractivity contribution is 7.47. The van der Waals surface area contributed by atoms with Gasteiger partial charge in [0.1, 0.15) is 19.3 Å². The van der Waals surface area contributed by atoms with Crippen molar-refractivity contribution < 1.29 is 80.2 Å². The van der Waals surface area contributed by atoms with Gasteiger partial charge in [-0.1, -0.05) is 286 Å². The highest BCUT2D eigenvalue weighted by Crippen LogP contribution is 2.45. The summed E-state index contributed by atoms with van der Waals surface area (Å²) in [5, 5.41) is 10.5. The molecule has 0 rings (SSSR count). The first-order valence-electron chi connectivity index (χ1n) is 35.4. The lowest BCUT2D eigenvalue weighted by atomic mass is 9.99. The van der Waals surface area contributed by atoms with Crippen molar-refractivity contribution in [3.05, 3.63) is 0 Å². The number of aliphatic hydroxyl groups is 1. The standard InChI is InChI=1S/C68H132O17P2/c1-8-10-11-32-42-49-65(70)78-55-63(84-67(72)52-45-38-31-25-18-16-21-27-34-40-47-60(5)6)57-82-86(74,75)80-53-62(69)54-81-87(76,77)83-58-64(56-79-66(71)50-43-36-29-23-19-17-22-28-35-41-48-61(7)9-2)85-68(73)51-44-37-30-24-15-13-12-14-20-26-33-39-46-59(3)4/h59-64,69H,8-58H2,1-7H3,(H,74,75)(H,76,77)/t61?,62-,63+,64+/m0/s1. The monoisotopic (exact) mass is 1280 g/mol. The molecule has 0 amide bonds. The summed E-state index contributed by atoms with van der Waals surface area (Å²) >= 11 is 0. The molecule has 0 heterocycles. The summed E-state index contributed by atoms with van der Waals surface area (Å²) in [7, 11) is -9.89. The number of hydrogen-bond acceptors (Lipinski definition) is 15. The smallest absolute Gasteiger partial charge is 0.462 e. The van der Waals surface area contributed by atoms with E-state index in [4.69, 9.17) is 37.0 Å². The van der Waals surface area contributed by atoms with Gasteiger partial charge in [0.2, 0.25) is 0 Å². The normalized spacial score (nSPS) is 14.6. The molecule has 0 aliphatic heterocycles. The van der Waals surface area contributed by atoms with Crippen LogP contribution in [0.15, 0.2) is 0 Å². The number of phosphoric acid groups is 2. The van der Waals surface area contributed by atoms with E-state index < -0.39 is 97.5 Å². The van der Waals surface area contributed by atoms with E-state index in [0.717, 1.165) is 114 Å². The van der Waals surface area contributed by atoms with Gasteiger partial charge in [0.05, 0.1) is 26.4 Å². The van der Waals surface area contributed by atoms with E-state index in [1.54, 1.807) is 0 Å². The number of unbranched alkanes of at least 4 members (excludes halogenated alkanes) is 33. The van der Waals surface area contributed by atoms with Gasteiger partial charge in [-0.2, -0.15) is 0 Å². The second kappa shape index (κ2) is 59.1. The molecule has 3 unspecified atom stereocenters. The van der Waals surface area contributed by atoms with E-state index in [0.29, 0.717) is 25.7 Å². The molecule has 17 nitrogen and oxygen atoms in total. The predicted molar refractivity (Wildman–Crippen MR) is 349 cm³/mol. The van der Waals surface area contributed by atoms with Crippen LogP contribution in [0.4, 0.5) is 0 Å². The Bertz CT molecular complexity index is 1720. The third-order valence-electron chi connectivity index (χ3n) is 16.0. The van der Waals surface area contributed by atoms with Crippen molar-refractivity contribution in [1.82, 2.24) is 0 Å². The highest BCUT2D eigenvalue weighted by atomic mass is 31.2. The van der Waals surface area contributed by atoms with Gasteiger partial charge in [0, 0.05) is 25.7 Å². The third-order valence-corrected chi connectivity index (χ3v) is 17.9. The quantitative estimate of drug-likeness (QED) is 0.0222. The third kappa shape index (κ3) is 61.3. The Kier molecular flexibility index (Phi) is 57.8. The van der Waals surface area contributed by atoms with Crippen LogP contribution in [0.5, 0.6) is 0 Å². The first-order chi connectivity index (χ1) is 41.8. The lowest BCUT2D eigenvalue weighted by Gasteiger charge is -2.21. The molecule has 19 heteroatoms. The van der Waals surface area contributed by atoms with Gasteiger partial charge in [-0.25, -0.2) is 9.13 Å². The molecule has 0 aromatic heterocycles. The zero-order valence-corrected chi connectivity index (χ0v) is 58.3. The van der Waals surface area contributed by atoms with Crippen LogP contribution in [0, 0.1) is 17.8 Å². The molecule has 0 fully saturated rings. The van der Waals surface area contributed by atoms with Gasteiger partial charge >= 0.3 is 39.5 Å². The van der Waals surface area contributed by atoms with Gasteiger partial charge in [-0.15, -0.1) is 0 Å². The minimum Gasteiger partial charge on any atom is -0.462 e. The van der Waals surface area contributed by atoms with E-state index in [1.807, 2.05) is 0 Å². The van der Waals surface area contributed by atoms with Crippen molar-refractivity contribution in [2.45, 2.75) is 356 Å². The van der Waals surface area contributed by atoms with Gasteiger partial charge in [0.15, 0.2) is 12.2 Å². The molecule has 0 aromatic rings. The number of carbonyl (C=O) groups excluding carboxylic acids is 4. The van der Waals surface area contributed by atoms with Gasteiger partial charge in [0.25, 0.3) is 0 Å². The zero-order chi connectivity index (χ0) is 64.5. The average molecular weight is 1280 g/mol. The maximum absolute atomic E-state index is 13.0. The molecule has 516 valence electrons. The first kappa shape index (κ1) is 85.1. The highest BCUT2D eigenvalue weighted by Gasteiger charge is 2.30. The van der Waals surface area contributed by atoms with Crippen molar-refractivity contribution in [2.24, 2.45) is 17.8 Å². The molecule has 3 N–H and O–H groups in total. The fraction of sp³-hybridized carbons (Fsp3) is 0.941. The molecule has 0 aliphatic carbocycles. The molecule has 87 heavy (non-hydrogen) atoms. The molecule has 0 saturated heterocycles. The van der Waals surface area contributed by atoms with Gasteiger partial charge < -0.3 is 33.8 Å². The van der Waals surface area contributed by atoms with E-state index in [2.05, 4.69) is 48.5 Å². The van der Waals surface area contributed by atoms with E-state index in [-0.39, 0.29) is 25.7 Å². The second-order valence-corrected chi connectivity index (χ2v) is 28.7. The molecule has 0 saturated carbocycles. The summed E-state index contributed by atoms with van der Waals surface area (Å²) in [6.45, 7) is 11.8. The minimum absolute atomic E-state index is 0.105. The lowest BCUT2D eigenvalue weighted by Crippen LogP contribution is -2.30. The Labute approximate surface area is 530 Å². The molecule has 0 bridgehead atoms. The minimum atomic E-state index is -4.95. The van der Waals surface area contributed by atoms with E-state index in [1.165, 1.54) is 141 Å². The SMILES string of the molecule is CCCCCCCC(=O)OC[C@H](COP(=O)(O)OC[C@H](O)COP(=O)(O)OC[C@@H](COC(=O)CCCCCCCCCCCCC(C)CC)OC(=O)CCCCCCCCCCCCCCC(C)C)OC(=O)CCCCCCCCCCCCC(C)C. The zero-order valence-electron chi connectivity index (χ0n) is 56.5. The number of aliphatic hydroxyl groups excluding tert-OH is 1. The maximum Gasteiger partial charge on any atom is 0.472 e. The fourth-order valence-electron chi connectivity index (χ4n) is 10.2. The topological polar surface area (TPSA) is 237 Å². The largest absolute Gasteiger partial charge is 0.472 e. The van der Waals surface area contributed by atoms with Crippen LogP contribution in [0.25, 0.3) is 0 Å². The van der Waals surface area contributed by atoms with Crippen LogP contribution in [0.2, 0.25) is 0 Å². The Morgan fingerprint density at radius 3 is 0.874 bits per heavy atom. The molecular weight excluding hydrogens is 1150 g/mol. The van der Waals surface area contributed by atoms with Crippen LogP contribution in [-0.2, 0) is 65.4 Å². The summed E-state index contributed by atoms with van der Waals surface area (Å²) in [6.07, 6.45) is 41.9. The van der Waals surface area contributed by atoms with Crippen LogP contribution >= 0.6 is 15.6 Å². The van der Waals surface area contributed by atoms with Crippen molar-refractivity contribution in [1.29, 1.82) is 0 Å². The summed E-state index contributed by atoms with van der Waals surface area (Å²) in [5.74, 6) is 0.199. The first-order valence-corrected chi connectivity index (χ1v) is 38.4. The van der Waals surface area contributed by atoms with Crippen molar-refractivity contribution in [2.75, 3.05) is 39.6 Å². The summed E-state index contributed by atoms with van der Waals surface area (Å²) in [5.41, 5.74) is 0. The Balaban J connectivity index is 5.18. The number of esters is 4. The molecular formula is C68H132O17P2. The molecule has 0 radical (unpaired) electrons. The Morgan fingerprint density at radius 2 is 0.586 bits per heavy atom. The fourth-order valence-corrected chi connectivity index (χ4v) is 11.7.